The van der Waals surface area contributed by atoms with Crippen molar-refractivity contribution in [3.63, 3.8) is 0 Å². The monoisotopic (exact) mass is 685 g/mol. The number of hydrogen-bond donors (Lipinski definition) is 2. The zero-order valence-corrected chi connectivity index (χ0v) is 27.7. The number of para-hydroxylation sites is 1. The molecule has 0 radical (unpaired) electrons. The number of aromatic nitrogens is 2. The van der Waals surface area contributed by atoms with Crippen LogP contribution in [0, 0.1) is 12.7 Å². The Morgan fingerprint density at radius 1 is 1.13 bits per heavy atom. The molecule has 10 nitrogen and oxygen atoms in total. The number of rotatable bonds is 9. The van der Waals surface area contributed by atoms with Crippen molar-refractivity contribution in [2.75, 3.05) is 19.8 Å². The van der Waals surface area contributed by atoms with Crippen molar-refractivity contribution in [3.8, 4) is 22.6 Å². The van der Waals surface area contributed by atoms with Crippen LogP contribution in [-0.4, -0.2) is 58.5 Å². The van der Waals surface area contributed by atoms with Crippen molar-refractivity contribution in [1.29, 1.82) is 0 Å². The molecule has 0 fully saturated rings. The number of aliphatic hydroxyl groups excluding tert-OH is 1. The van der Waals surface area contributed by atoms with Crippen LogP contribution >= 0.6 is 23.2 Å². The number of aliphatic hydroxyl groups is 1. The van der Waals surface area contributed by atoms with Gasteiger partial charge in [0.05, 0.1) is 18.3 Å². The average molecular weight is 687 g/mol. The van der Waals surface area contributed by atoms with Crippen LogP contribution in [0.2, 0.25) is 10.0 Å². The predicted molar refractivity (Wildman–Crippen MR) is 173 cm³/mol. The number of hydrogen-bond acceptors (Lipinski definition) is 9. The molecule has 13 heteroatoms. The molecule has 2 heterocycles. The largest absolute Gasteiger partial charge is 0.490 e. The van der Waals surface area contributed by atoms with Gasteiger partial charge < -0.3 is 24.1 Å². The van der Waals surface area contributed by atoms with Crippen molar-refractivity contribution in [2.45, 2.75) is 52.1 Å². The maximum Gasteiger partial charge on any atom is 0.338 e. The second-order valence-electron chi connectivity index (χ2n) is 11.9. The molecular weight excluding hydrogens is 652 g/mol. The van der Waals surface area contributed by atoms with Crippen molar-refractivity contribution < 1.29 is 38.0 Å². The molecule has 47 heavy (non-hydrogen) atoms. The quantitative estimate of drug-likeness (QED) is 0.155. The molecule has 0 bridgehead atoms. The normalized spacial score (nSPS) is 16.1. The fraction of sp³-hybridized carbons (Fsp3) is 0.324. The molecule has 0 aliphatic carbocycles. The molecule has 3 aromatic carbocycles. The lowest BCUT2D eigenvalue weighted by atomic mass is 9.99. The van der Waals surface area contributed by atoms with E-state index in [-0.39, 0.29) is 42.5 Å². The third kappa shape index (κ3) is 8.23. The molecule has 1 aliphatic heterocycles. The van der Waals surface area contributed by atoms with Gasteiger partial charge in [-0.05, 0) is 52.0 Å². The summed E-state index contributed by atoms with van der Waals surface area (Å²) in [5, 5.41) is 18.3. The number of esters is 2. The SMILES string of the molecule is Cc1c(Cl)cccc1OCCOC(=O)C1NC(O)COc2c(-c3cnn(Cc4c(F)cc(C(=O)OC(C)(C)C)cc4Cl)c3)cccc21. The van der Waals surface area contributed by atoms with E-state index in [1.54, 1.807) is 69.6 Å². The lowest BCUT2D eigenvalue weighted by Gasteiger charge is -2.20. The Kier molecular flexibility index (Phi) is 10.4. The summed E-state index contributed by atoms with van der Waals surface area (Å²) in [6.45, 7) is 6.88. The molecule has 2 N–H and O–H groups in total. The van der Waals surface area contributed by atoms with Gasteiger partial charge in [0.2, 0.25) is 0 Å². The summed E-state index contributed by atoms with van der Waals surface area (Å²) < 4.78 is 39.1. The molecule has 1 aromatic heterocycles. The van der Waals surface area contributed by atoms with E-state index in [4.69, 9.17) is 42.1 Å². The highest BCUT2D eigenvalue weighted by Crippen LogP contribution is 2.38. The average Bonchev–Trinajstić information content (AvgIpc) is 3.40. The second-order valence-corrected chi connectivity index (χ2v) is 12.7. The van der Waals surface area contributed by atoms with Gasteiger partial charge in [-0.3, -0.25) is 10.00 Å². The van der Waals surface area contributed by atoms with Crippen molar-refractivity contribution in [1.82, 2.24) is 15.1 Å². The number of carbonyl (C=O) groups is 2. The zero-order valence-electron chi connectivity index (χ0n) is 26.2. The Hall–Kier alpha value is -4.16. The number of ether oxygens (including phenoxy) is 4. The van der Waals surface area contributed by atoms with Gasteiger partial charge in [0.25, 0.3) is 0 Å². The highest BCUT2D eigenvalue weighted by molar-refractivity contribution is 6.32. The number of nitrogens with zero attached hydrogens (tertiary/aromatic N) is 2. The fourth-order valence-electron chi connectivity index (χ4n) is 4.94. The van der Waals surface area contributed by atoms with Crippen molar-refractivity contribution >= 4 is 35.1 Å². The summed E-state index contributed by atoms with van der Waals surface area (Å²) >= 11 is 12.5. The zero-order chi connectivity index (χ0) is 33.9. The first-order valence-corrected chi connectivity index (χ1v) is 15.5. The van der Waals surface area contributed by atoms with E-state index in [0.717, 1.165) is 11.6 Å². The first-order valence-electron chi connectivity index (χ1n) is 14.8. The summed E-state index contributed by atoms with van der Waals surface area (Å²) in [7, 11) is 0. The molecule has 0 saturated carbocycles. The van der Waals surface area contributed by atoms with Gasteiger partial charge in [-0.1, -0.05) is 47.5 Å². The van der Waals surface area contributed by atoms with Crippen molar-refractivity contribution in [2.24, 2.45) is 0 Å². The van der Waals surface area contributed by atoms with Crippen LogP contribution < -0.4 is 14.8 Å². The highest BCUT2D eigenvalue weighted by atomic mass is 35.5. The Bertz CT molecular complexity index is 1770. The van der Waals surface area contributed by atoms with E-state index in [1.807, 2.05) is 6.92 Å². The number of benzene rings is 3. The molecule has 2 atom stereocenters. The van der Waals surface area contributed by atoms with Crippen molar-refractivity contribution in [3.05, 3.63) is 99.0 Å². The first-order chi connectivity index (χ1) is 22.3. The van der Waals surface area contributed by atoms with E-state index in [2.05, 4.69) is 10.4 Å². The summed E-state index contributed by atoms with van der Waals surface area (Å²) in [6, 6.07) is 11.9. The lowest BCUT2D eigenvalue weighted by molar-refractivity contribution is -0.148. The summed E-state index contributed by atoms with van der Waals surface area (Å²) in [5.41, 5.74) is 1.83. The summed E-state index contributed by atoms with van der Waals surface area (Å²) in [4.78, 5) is 25.7. The minimum absolute atomic E-state index is 0.00376. The van der Waals surface area contributed by atoms with Gasteiger partial charge >= 0.3 is 11.9 Å². The number of fused-ring (bicyclic) bond motifs is 1. The molecule has 0 amide bonds. The van der Waals surface area contributed by atoms with Gasteiger partial charge in [-0.25, -0.2) is 14.0 Å². The fourth-order valence-corrected chi connectivity index (χ4v) is 5.37. The standard InChI is InChI=1S/C34H34Cl2FN3O7/c1-19-25(35)9-6-10-28(19)44-11-12-45-33(43)30-23-8-5-7-22(31(23)46-18-29(41)39-30)21-15-38-40(16-21)17-24-26(36)13-20(14-27(24)37)32(42)47-34(2,3)4/h5-10,13-16,29-30,39,41H,11-12,17-18H2,1-4H3. The maximum absolute atomic E-state index is 15.1. The molecular formula is C34H34Cl2FN3O7. The number of halogens is 3. The molecule has 0 spiro atoms. The van der Waals surface area contributed by atoms with Crippen LogP contribution in [0.1, 0.15) is 53.9 Å². The third-order valence-corrected chi connectivity index (χ3v) is 7.93. The Labute approximate surface area is 281 Å². The van der Waals surface area contributed by atoms with E-state index < -0.39 is 35.6 Å². The van der Waals surface area contributed by atoms with Gasteiger partial charge in [0, 0.05) is 44.1 Å². The molecule has 2 unspecified atom stereocenters. The highest BCUT2D eigenvalue weighted by Gasteiger charge is 2.32. The van der Waals surface area contributed by atoms with Crippen LogP contribution in [0.5, 0.6) is 11.5 Å². The molecule has 248 valence electrons. The smallest absolute Gasteiger partial charge is 0.338 e. The van der Waals surface area contributed by atoms with E-state index in [1.165, 1.54) is 10.7 Å². The molecule has 4 aromatic rings. The van der Waals surface area contributed by atoms with Crippen LogP contribution in [0.25, 0.3) is 11.1 Å². The topological polar surface area (TPSA) is 121 Å². The van der Waals surface area contributed by atoms with Gasteiger partial charge in [-0.2, -0.15) is 5.10 Å². The summed E-state index contributed by atoms with van der Waals surface area (Å²) in [6.07, 6.45) is 2.08. The second kappa shape index (κ2) is 14.3. The van der Waals surface area contributed by atoms with Crippen LogP contribution in [0.15, 0.2) is 60.9 Å². The summed E-state index contributed by atoms with van der Waals surface area (Å²) in [5.74, 6) is -1.05. The predicted octanol–water partition coefficient (Wildman–Crippen LogP) is 6.27. The maximum atomic E-state index is 15.1. The molecule has 5 rings (SSSR count). The minimum atomic E-state index is -1.16. The number of nitrogens with one attached hydrogen (secondary N) is 1. The number of carbonyl (C=O) groups excluding carboxylic acids is 2. The van der Waals surface area contributed by atoms with Gasteiger partial charge in [0.1, 0.15) is 55.0 Å². The van der Waals surface area contributed by atoms with Crippen LogP contribution in [0.3, 0.4) is 0 Å². The Balaban J connectivity index is 1.31. The van der Waals surface area contributed by atoms with Crippen LogP contribution in [-0.2, 0) is 20.8 Å². The Morgan fingerprint density at radius 3 is 2.64 bits per heavy atom. The third-order valence-electron chi connectivity index (χ3n) is 7.18. The van der Waals surface area contributed by atoms with E-state index in [0.29, 0.717) is 33.2 Å². The first kappa shape index (κ1) is 34.2. The molecule has 0 saturated heterocycles. The Morgan fingerprint density at radius 2 is 1.89 bits per heavy atom. The van der Waals surface area contributed by atoms with E-state index in [9.17, 15) is 14.7 Å². The van der Waals surface area contributed by atoms with Gasteiger partial charge in [0.15, 0.2) is 0 Å². The molecule has 1 aliphatic rings. The van der Waals surface area contributed by atoms with Crippen LogP contribution in [0.4, 0.5) is 4.39 Å². The van der Waals surface area contributed by atoms with Gasteiger partial charge in [-0.15, -0.1) is 0 Å². The van der Waals surface area contributed by atoms with E-state index >= 15 is 4.39 Å². The lowest BCUT2D eigenvalue weighted by Crippen LogP contribution is -2.39. The minimum Gasteiger partial charge on any atom is -0.490 e.